The van der Waals surface area contributed by atoms with Gasteiger partial charge in [0.15, 0.2) is 0 Å². The van der Waals surface area contributed by atoms with Gasteiger partial charge < -0.3 is 5.73 Å². The molecule has 2 aromatic rings. The van der Waals surface area contributed by atoms with Gasteiger partial charge in [0.05, 0.1) is 0 Å². The number of benzene rings is 2. The lowest BCUT2D eigenvalue weighted by molar-refractivity contribution is 1.37. The quantitative estimate of drug-likeness (QED) is 0.653. The summed E-state index contributed by atoms with van der Waals surface area (Å²) in [6.45, 7) is 0. The summed E-state index contributed by atoms with van der Waals surface area (Å²) in [7, 11) is 0. The predicted molar refractivity (Wildman–Crippen MR) is 73.0 cm³/mol. The molecule has 0 saturated carbocycles. The van der Waals surface area contributed by atoms with Gasteiger partial charge in [-0.05, 0) is 36.4 Å². The zero-order valence-corrected chi connectivity index (χ0v) is 10.6. The largest absolute Gasteiger partial charge is 0.384 e. The van der Waals surface area contributed by atoms with E-state index in [1.807, 2.05) is 48.5 Å². The molecule has 0 amide bonds. The molecule has 0 aliphatic rings. The Labute approximate surface area is 109 Å². The van der Waals surface area contributed by atoms with Crippen LogP contribution in [0.15, 0.2) is 58.3 Å². The molecule has 4 heteroatoms. The topological polar surface area (TPSA) is 49.9 Å². The van der Waals surface area contributed by atoms with Crippen LogP contribution in [0.3, 0.4) is 0 Å². The molecule has 0 aromatic heterocycles. The van der Waals surface area contributed by atoms with Gasteiger partial charge in [0, 0.05) is 20.4 Å². The second-order valence-corrected chi connectivity index (χ2v) is 5.08. The summed E-state index contributed by atoms with van der Waals surface area (Å²) in [5.74, 6) is 0.0908. The second kappa shape index (κ2) is 5.25. The fraction of sp³-hybridized carbons (Fsp3) is 0. The number of nitrogens with one attached hydrogen (secondary N) is 1. The molecular weight excluding hydrogens is 252 g/mol. The Balaban J connectivity index is 2.13. The maximum atomic E-state index is 7.31. The van der Waals surface area contributed by atoms with Crippen molar-refractivity contribution in [2.24, 2.45) is 5.73 Å². The SMILES string of the molecule is N=C(N)c1ccc(Sc2ccc(Cl)cc2)cc1. The van der Waals surface area contributed by atoms with Crippen LogP contribution < -0.4 is 5.73 Å². The van der Waals surface area contributed by atoms with Crippen molar-refractivity contribution in [2.75, 3.05) is 0 Å². The summed E-state index contributed by atoms with van der Waals surface area (Å²) in [4.78, 5) is 2.24. The van der Waals surface area contributed by atoms with Crippen molar-refractivity contribution in [1.29, 1.82) is 5.41 Å². The number of hydrogen-bond acceptors (Lipinski definition) is 2. The number of nitrogen functional groups attached to an aromatic ring is 1. The van der Waals surface area contributed by atoms with E-state index < -0.39 is 0 Å². The van der Waals surface area contributed by atoms with E-state index in [4.69, 9.17) is 22.7 Å². The van der Waals surface area contributed by atoms with E-state index in [9.17, 15) is 0 Å². The lowest BCUT2D eigenvalue weighted by Gasteiger charge is -2.03. The van der Waals surface area contributed by atoms with Gasteiger partial charge in [-0.25, -0.2) is 0 Å². The molecule has 0 aliphatic heterocycles. The summed E-state index contributed by atoms with van der Waals surface area (Å²) in [6.07, 6.45) is 0. The van der Waals surface area contributed by atoms with Gasteiger partial charge in [-0.15, -0.1) is 0 Å². The van der Waals surface area contributed by atoms with E-state index in [0.29, 0.717) is 0 Å². The summed E-state index contributed by atoms with van der Waals surface area (Å²) in [6, 6.07) is 15.3. The van der Waals surface area contributed by atoms with Crippen LogP contribution in [0, 0.1) is 5.41 Å². The van der Waals surface area contributed by atoms with Gasteiger partial charge in [-0.3, -0.25) is 5.41 Å². The van der Waals surface area contributed by atoms with Crippen LogP contribution in [0.1, 0.15) is 5.56 Å². The van der Waals surface area contributed by atoms with Crippen LogP contribution in [0.2, 0.25) is 5.02 Å². The highest BCUT2D eigenvalue weighted by Gasteiger charge is 1.99. The summed E-state index contributed by atoms with van der Waals surface area (Å²) in [5.41, 5.74) is 6.14. The molecule has 0 spiro atoms. The molecule has 0 fully saturated rings. The fourth-order valence-corrected chi connectivity index (χ4v) is 2.28. The monoisotopic (exact) mass is 262 g/mol. The maximum Gasteiger partial charge on any atom is 0.122 e. The molecule has 0 aliphatic carbocycles. The van der Waals surface area contributed by atoms with E-state index in [0.717, 1.165) is 20.4 Å². The van der Waals surface area contributed by atoms with E-state index in [1.165, 1.54) is 0 Å². The van der Waals surface area contributed by atoms with E-state index in [1.54, 1.807) is 11.8 Å². The Morgan fingerprint density at radius 3 is 1.88 bits per heavy atom. The predicted octanol–water partition coefficient (Wildman–Crippen LogP) is 3.78. The maximum absolute atomic E-state index is 7.31. The van der Waals surface area contributed by atoms with Gasteiger partial charge in [0.1, 0.15) is 5.84 Å². The number of rotatable bonds is 3. The van der Waals surface area contributed by atoms with Crippen molar-refractivity contribution in [1.82, 2.24) is 0 Å². The van der Waals surface area contributed by atoms with Crippen molar-refractivity contribution in [3.8, 4) is 0 Å². The molecule has 2 nitrogen and oxygen atoms in total. The zero-order chi connectivity index (χ0) is 12.3. The highest BCUT2D eigenvalue weighted by Crippen LogP contribution is 2.28. The summed E-state index contributed by atoms with van der Waals surface area (Å²) >= 11 is 7.47. The number of hydrogen-bond donors (Lipinski definition) is 2. The van der Waals surface area contributed by atoms with Crippen LogP contribution in [0.5, 0.6) is 0 Å². The average Bonchev–Trinajstić information content (AvgIpc) is 2.33. The highest BCUT2D eigenvalue weighted by molar-refractivity contribution is 7.99. The van der Waals surface area contributed by atoms with E-state index in [2.05, 4.69) is 0 Å². The first-order valence-corrected chi connectivity index (χ1v) is 6.22. The van der Waals surface area contributed by atoms with Gasteiger partial charge in [-0.1, -0.05) is 35.5 Å². The van der Waals surface area contributed by atoms with Crippen molar-refractivity contribution < 1.29 is 0 Å². The smallest absolute Gasteiger partial charge is 0.122 e. The molecule has 3 N–H and O–H groups in total. The minimum absolute atomic E-state index is 0.0908. The Kier molecular flexibility index (Phi) is 3.71. The van der Waals surface area contributed by atoms with Gasteiger partial charge in [0.25, 0.3) is 0 Å². The number of halogens is 1. The average molecular weight is 263 g/mol. The molecule has 86 valence electrons. The van der Waals surface area contributed by atoms with Crippen molar-refractivity contribution in [3.05, 3.63) is 59.1 Å². The third-order valence-electron chi connectivity index (χ3n) is 2.21. The van der Waals surface area contributed by atoms with E-state index in [-0.39, 0.29) is 5.84 Å². The first-order valence-electron chi connectivity index (χ1n) is 5.03. The van der Waals surface area contributed by atoms with Crippen molar-refractivity contribution in [2.45, 2.75) is 9.79 Å². The van der Waals surface area contributed by atoms with Gasteiger partial charge in [0.2, 0.25) is 0 Å². The van der Waals surface area contributed by atoms with Crippen LogP contribution >= 0.6 is 23.4 Å². The lowest BCUT2D eigenvalue weighted by atomic mass is 10.2. The van der Waals surface area contributed by atoms with Crippen LogP contribution in [-0.4, -0.2) is 5.84 Å². The molecule has 17 heavy (non-hydrogen) atoms. The van der Waals surface area contributed by atoms with Crippen molar-refractivity contribution in [3.63, 3.8) is 0 Å². The molecule has 0 atom stereocenters. The molecular formula is C13H11ClN2S. The first-order chi connectivity index (χ1) is 8.15. The molecule has 0 radical (unpaired) electrons. The number of amidine groups is 1. The lowest BCUT2D eigenvalue weighted by Crippen LogP contribution is -2.10. The Morgan fingerprint density at radius 1 is 0.941 bits per heavy atom. The minimum atomic E-state index is 0.0908. The molecule has 2 rings (SSSR count). The molecule has 0 saturated heterocycles. The highest BCUT2D eigenvalue weighted by atomic mass is 35.5. The van der Waals surface area contributed by atoms with Gasteiger partial charge >= 0.3 is 0 Å². The molecule has 0 heterocycles. The first kappa shape index (κ1) is 12.0. The molecule has 0 bridgehead atoms. The Morgan fingerprint density at radius 2 is 1.41 bits per heavy atom. The summed E-state index contributed by atoms with van der Waals surface area (Å²) in [5, 5.41) is 8.04. The minimum Gasteiger partial charge on any atom is -0.384 e. The van der Waals surface area contributed by atoms with E-state index >= 15 is 0 Å². The van der Waals surface area contributed by atoms with Crippen LogP contribution in [0.25, 0.3) is 0 Å². The molecule has 2 aromatic carbocycles. The zero-order valence-electron chi connectivity index (χ0n) is 8.98. The standard InChI is InChI=1S/C13H11ClN2S/c14-10-3-7-12(8-4-10)17-11-5-1-9(2-6-11)13(15)16/h1-8H,(H3,15,16). The Hall–Kier alpha value is -1.45. The third-order valence-corrected chi connectivity index (χ3v) is 3.48. The Bertz CT molecular complexity index is 520. The number of nitrogens with two attached hydrogens (primary N) is 1. The van der Waals surface area contributed by atoms with Crippen molar-refractivity contribution >= 4 is 29.2 Å². The van der Waals surface area contributed by atoms with Crippen LogP contribution in [0.4, 0.5) is 0 Å². The third kappa shape index (κ3) is 3.25. The van der Waals surface area contributed by atoms with Crippen LogP contribution in [-0.2, 0) is 0 Å². The summed E-state index contributed by atoms with van der Waals surface area (Å²) < 4.78 is 0. The van der Waals surface area contributed by atoms with Gasteiger partial charge in [-0.2, -0.15) is 0 Å². The normalized spacial score (nSPS) is 10.2. The molecule has 0 unspecified atom stereocenters. The second-order valence-electron chi connectivity index (χ2n) is 3.49. The fourth-order valence-electron chi connectivity index (χ4n) is 1.34.